The van der Waals surface area contributed by atoms with Gasteiger partial charge < -0.3 is 5.32 Å². The molecule has 0 bridgehead atoms. The number of benzene rings is 1. The molecule has 1 aromatic carbocycles. The smallest absolute Gasteiger partial charge is 0.0631 e. The van der Waals surface area contributed by atoms with Crippen molar-refractivity contribution in [2.45, 2.75) is 25.8 Å². The molecule has 88 valence electrons. The van der Waals surface area contributed by atoms with Crippen LogP contribution in [0.15, 0.2) is 21.1 Å². The average Bonchev–Trinajstić information content (AvgIpc) is 2.25. The maximum Gasteiger partial charge on any atom is 0.0631 e. The number of anilines is 1. The van der Waals surface area contributed by atoms with Crippen LogP contribution >= 0.6 is 43.6 Å². The standard InChI is InChI=1S/C12H15Br2NS/c1-8-5-10(13)12(11(14)6-8)15-9-3-2-4-16-7-9/h5-6,9,15H,2-4,7H2,1H3. The molecule has 0 spiro atoms. The Morgan fingerprint density at radius 3 is 2.56 bits per heavy atom. The first kappa shape index (κ1) is 12.8. The monoisotopic (exact) mass is 363 g/mol. The minimum atomic E-state index is 0.606. The zero-order valence-corrected chi connectivity index (χ0v) is 13.2. The molecule has 0 aliphatic carbocycles. The van der Waals surface area contributed by atoms with Gasteiger partial charge in [-0.05, 0) is 75.1 Å². The van der Waals surface area contributed by atoms with E-state index < -0.39 is 0 Å². The summed E-state index contributed by atoms with van der Waals surface area (Å²) in [4.78, 5) is 0. The third-order valence-electron chi connectivity index (χ3n) is 2.70. The van der Waals surface area contributed by atoms with E-state index in [2.05, 4.69) is 56.2 Å². The van der Waals surface area contributed by atoms with Crippen LogP contribution < -0.4 is 5.32 Å². The molecule has 2 rings (SSSR count). The second-order valence-electron chi connectivity index (χ2n) is 4.16. The number of nitrogens with one attached hydrogen (secondary N) is 1. The Labute approximate surface area is 118 Å². The number of thioether (sulfide) groups is 1. The highest BCUT2D eigenvalue weighted by molar-refractivity contribution is 9.11. The molecule has 1 aliphatic rings. The first-order valence-corrected chi connectivity index (χ1v) is 8.21. The molecule has 1 nitrogen and oxygen atoms in total. The van der Waals surface area contributed by atoms with Crippen molar-refractivity contribution in [3.05, 3.63) is 26.6 Å². The molecule has 1 aromatic rings. The van der Waals surface area contributed by atoms with E-state index in [1.165, 1.54) is 35.6 Å². The topological polar surface area (TPSA) is 12.0 Å². The first-order valence-electron chi connectivity index (χ1n) is 5.47. The van der Waals surface area contributed by atoms with E-state index in [0.29, 0.717) is 6.04 Å². The van der Waals surface area contributed by atoms with Crippen molar-refractivity contribution in [3.63, 3.8) is 0 Å². The molecule has 1 N–H and O–H groups in total. The number of hydrogen-bond acceptors (Lipinski definition) is 2. The van der Waals surface area contributed by atoms with Gasteiger partial charge in [0.2, 0.25) is 0 Å². The largest absolute Gasteiger partial charge is 0.380 e. The lowest BCUT2D eigenvalue weighted by molar-refractivity contribution is 0.684. The van der Waals surface area contributed by atoms with E-state index in [9.17, 15) is 0 Å². The van der Waals surface area contributed by atoms with Gasteiger partial charge in [-0.2, -0.15) is 11.8 Å². The summed E-state index contributed by atoms with van der Waals surface area (Å²) in [5, 5.41) is 3.63. The maximum atomic E-state index is 3.63. The van der Waals surface area contributed by atoms with Crippen molar-refractivity contribution < 1.29 is 0 Å². The molecule has 16 heavy (non-hydrogen) atoms. The lowest BCUT2D eigenvalue weighted by atomic mass is 10.1. The van der Waals surface area contributed by atoms with Crippen LogP contribution in [-0.2, 0) is 0 Å². The van der Waals surface area contributed by atoms with Crippen LogP contribution in [0.4, 0.5) is 5.69 Å². The molecule has 0 amide bonds. The summed E-state index contributed by atoms with van der Waals surface area (Å²) in [5.74, 6) is 2.53. The molecule has 4 heteroatoms. The third kappa shape index (κ3) is 3.17. The molecule has 1 aliphatic heterocycles. The van der Waals surface area contributed by atoms with Crippen LogP contribution in [0.5, 0.6) is 0 Å². The summed E-state index contributed by atoms with van der Waals surface area (Å²) in [7, 11) is 0. The molecule has 1 atom stereocenters. The van der Waals surface area contributed by atoms with Crippen molar-refractivity contribution in [1.82, 2.24) is 0 Å². The van der Waals surface area contributed by atoms with Gasteiger partial charge in [0, 0.05) is 20.7 Å². The second kappa shape index (κ2) is 5.78. The number of rotatable bonds is 2. The van der Waals surface area contributed by atoms with Crippen LogP contribution in [0, 0.1) is 6.92 Å². The second-order valence-corrected chi connectivity index (χ2v) is 7.02. The fourth-order valence-corrected chi connectivity index (χ4v) is 4.61. The van der Waals surface area contributed by atoms with Crippen LogP contribution in [0.25, 0.3) is 0 Å². The van der Waals surface area contributed by atoms with Crippen molar-refractivity contribution in [3.8, 4) is 0 Å². The molecular formula is C12H15Br2NS. The van der Waals surface area contributed by atoms with E-state index in [0.717, 1.165) is 8.95 Å². The van der Waals surface area contributed by atoms with Gasteiger partial charge in [-0.3, -0.25) is 0 Å². The molecule has 1 heterocycles. The highest BCUT2D eigenvalue weighted by Gasteiger charge is 2.16. The van der Waals surface area contributed by atoms with E-state index in [1.807, 2.05) is 11.8 Å². The Morgan fingerprint density at radius 1 is 1.31 bits per heavy atom. The Kier molecular flexibility index (Phi) is 4.62. The van der Waals surface area contributed by atoms with E-state index in [4.69, 9.17) is 0 Å². The van der Waals surface area contributed by atoms with Gasteiger partial charge in [-0.25, -0.2) is 0 Å². The predicted molar refractivity (Wildman–Crippen MR) is 80.5 cm³/mol. The molecular weight excluding hydrogens is 350 g/mol. The summed E-state index contributed by atoms with van der Waals surface area (Å²) in [6, 6.07) is 4.92. The van der Waals surface area contributed by atoms with Gasteiger partial charge in [0.15, 0.2) is 0 Å². The Morgan fingerprint density at radius 2 is 2.00 bits per heavy atom. The summed E-state index contributed by atoms with van der Waals surface area (Å²) in [6.45, 7) is 2.11. The minimum Gasteiger partial charge on any atom is -0.380 e. The van der Waals surface area contributed by atoms with Crippen LogP contribution in [0.2, 0.25) is 0 Å². The number of halogens is 2. The zero-order chi connectivity index (χ0) is 11.5. The zero-order valence-electron chi connectivity index (χ0n) is 9.22. The summed E-state index contributed by atoms with van der Waals surface area (Å²) < 4.78 is 2.30. The van der Waals surface area contributed by atoms with E-state index in [1.54, 1.807) is 0 Å². The fourth-order valence-electron chi connectivity index (χ4n) is 1.90. The van der Waals surface area contributed by atoms with E-state index >= 15 is 0 Å². The fraction of sp³-hybridized carbons (Fsp3) is 0.500. The lowest BCUT2D eigenvalue weighted by Crippen LogP contribution is -2.26. The Balaban J connectivity index is 2.14. The quantitative estimate of drug-likeness (QED) is 0.806. The summed E-state index contributed by atoms with van der Waals surface area (Å²) >= 11 is 9.29. The highest BCUT2D eigenvalue weighted by Crippen LogP contribution is 2.34. The van der Waals surface area contributed by atoms with Crippen LogP contribution in [-0.4, -0.2) is 17.5 Å². The number of aryl methyl sites for hydroxylation is 1. The highest BCUT2D eigenvalue weighted by atomic mass is 79.9. The van der Waals surface area contributed by atoms with Gasteiger partial charge >= 0.3 is 0 Å². The SMILES string of the molecule is Cc1cc(Br)c(NC2CCCSC2)c(Br)c1. The molecule has 1 unspecified atom stereocenters. The third-order valence-corrected chi connectivity index (χ3v) is 5.16. The Bertz CT molecular complexity index is 352. The van der Waals surface area contributed by atoms with Gasteiger partial charge in [-0.15, -0.1) is 0 Å². The number of hydrogen-bond donors (Lipinski definition) is 1. The summed E-state index contributed by atoms with van der Waals surface area (Å²) in [5.41, 5.74) is 2.46. The summed E-state index contributed by atoms with van der Waals surface area (Å²) in [6.07, 6.45) is 2.60. The van der Waals surface area contributed by atoms with Crippen molar-refractivity contribution >= 4 is 49.3 Å². The first-order chi connectivity index (χ1) is 7.66. The van der Waals surface area contributed by atoms with Crippen molar-refractivity contribution in [2.75, 3.05) is 16.8 Å². The van der Waals surface area contributed by atoms with Crippen LogP contribution in [0.1, 0.15) is 18.4 Å². The molecule has 1 fully saturated rings. The van der Waals surface area contributed by atoms with Gasteiger partial charge in [0.1, 0.15) is 0 Å². The van der Waals surface area contributed by atoms with Crippen LogP contribution in [0.3, 0.4) is 0 Å². The van der Waals surface area contributed by atoms with E-state index in [-0.39, 0.29) is 0 Å². The molecule has 0 saturated carbocycles. The van der Waals surface area contributed by atoms with Gasteiger partial charge in [0.25, 0.3) is 0 Å². The van der Waals surface area contributed by atoms with Crippen molar-refractivity contribution in [1.29, 1.82) is 0 Å². The normalized spacial score (nSPS) is 20.8. The van der Waals surface area contributed by atoms with Crippen molar-refractivity contribution in [2.24, 2.45) is 0 Å². The minimum absolute atomic E-state index is 0.606. The molecule has 1 saturated heterocycles. The predicted octanol–water partition coefficient (Wildman–Crippen LogP) is 4.83. The van der Waals surface area contributed by atoms with Gasteiger partial charge in [-0.1, -0.05) is 0 Å². The average molecular weight is 365 g/mol. The maximum absolute atomic E-state index is 3.63. The molecule has 0 aromatic heterocycles. The van der Waals surface area contributed by atoms with Gasteiger partial charge in [0.05, 0.1) is 5.69 Å². The Hall–Kier alpha value is 0.330. The lowest BCUT2D eigenvalue weighted by Gasteiger charge is -2.25. The molecule has 0 radical (unpaired) electrons.